The Labute approximate surface area is 135 Å². The first-order valence-corrected chi connectivity index (χ1v) is 9.02. The summed E-state index contributed by atoms with van der Waals surface area (Å²) in [5.74, 6) is -0.0253. The van der Waals surface area contributed by atoms with E-state index >= 15 is 0 Å². The van der Waals surface area contributed by atoms with Crippen molar-refractivity contribution >= 4 is 15.8 Å². The Bertz CT molecular complexity index is 799. The molecule has 0 spiro atoms. The summed E-state index contributed by atoms with van der Waals surface area (Å²) in [6, 6.07) is 10.2. The predicted octanol–water partition coefficient (Wildman–Crippen LogP) is 1.85. The third-order valence-corrected chi connectivity index (χ3v) is 6.22. The van der Waals surface area contributed by atoms with Crippen molar-refractivity contribution in [3.8, 4) is 0 Å². The summed E-state index contributed by atoms with van der Waals surface area (Å²) in [4.78, 5) is 12.4. The van der Waals surface area contributed by atoms with E-state index in [1.165, 1.54) is 21.3 Å². The Kier molecular flexibility index (Phi) is 4.32. The molecule has 2 aromatic rings. The van der Waals surface area contributed by atoms with Gasteiger partial charge in [0.1, 0.15) is 0 Å². The maximum atomic E-state index is 12.8. The number of hydrogen-bond donors (Lipinski definition) is 0. The average Bonchev–Trinajstić information content (AvgIpc) is 3.17. The van der Waals surface area contributed by atoms with Crippen LogP contribution < -0.4 is 0 Å². The van der Waals surface area contributed by atoms with Gasteiger partial charge in [0.15, 0.2) is 10.8 Å². The van der Waals surface area contributed by atoms with Crippen LogP contribution in [0, 0.1) is 0 Å². The zero-order chi connectivity index (χ0) is 16.4. The molecule has 0 aliphatic carbocycles. The van der Waals surface area contributed by atoms with Crippen LogP contribution in [0.3, 0.4) is 0 Å². The van der Waals surface area contributed by atoms with Crippen LogP contribution in [0.15, 0.2) is 47.6 Å². The third-order valence-electron chi connectivity index (χ3n) is 4.19. The van der Waals surface area contributed by atoms with E-state index in [9.17, 15) is 13.2 Å². The molecule has 3 rings (SSSR count). The van der Waals surface area contributed by atoms with Crippen molar-refractivity contribution in [1.82, 2.24) is 14.1 Å². The fourth-order valence-corrected chi connectivity index (χ4v) is 4.82. The Morgan fingerprint density at radius 3 is 2.65 bits per heavy atom. The summed E-state index contributed by atoms with van der Waals surface area (Å²) >= 11 is 0. The molecule has 1 aliphatic rings. The number of carbonyl (C=O) groups excluding carboxylic acids is 1. The lowest BCUT2D eigenvalue weighted by atomic mass is 10.0. The maximum Gasteiger partial charge on any atom is 0.260 e. The summed E-state index contributed by atoms with van der Waals surface area (Å²) in [5, 5.41) is 4.10. The molecule has 7 heteroatoms. The molecule has 1 aromatic heterocycles. The summed E-state index contributed by atoms with van der Waals surface area (Å²) < 4.78 is 28.4. The normalized spacial score (nSPS) is 19.1. The van der Waals surface area contributed by atoms with E-state index in [0.29, 0.717) is 18.5 Å². The monoisotopic (exact) mass is 333 g/mol. The van der Waals surface area contributed by atoms with E-state index in [-0.39, 0.29) is 23.3 Å². The van der Waals surface area contributed by atoms with E-state index in [4.69, 9.17) is 0 Å². The van der Waals surface area contributed by atoms with Gasteiger partial charge in [-0.1, -0.05) is 30.3 Å². The van der Waals surface area contributed by atoms with Gasteiger partial charge in [-0.15, -0.1) is 0 Å². The van der Waals surface area contributed by atoms with Gasteiger partial charge in [-0.25, -0.2) is 8.42 Å². The summed E-state index contributed by atoms with van der Waals surface area (Å²) in [7, 11) is -2.02. The number of rotatable bonds is 5. The van der Waals surface area contributed by atoms with Crippen molar-refractivity contribution in [2.45, 2.75) is 30.3 Å². The van der Waals surface area contributed by atoms with Crippen LogP contribution in [0.1, 0.15) is 29.6 Å². The van der Waals surface area contributed by atoms with E-state index in [0.717, 1.165) is 6.42 Å². The van der Waals surface area contributed by atoms with Crippen molar-refractivity contribution in [1.29, 1.82) is 0 Å². The minimum Gasteiger partial charge on any atom is -0.294 e. The topological polar surface area (TPSA) is 72.3 Å². The zero-order valence-electron chi connectivity index (χ0n) is 12.9. The lowest BCUT2D eigenvalue weighted by Crippen LogP contribution is -2.37. The molecular formula is C16H19N3O3S. The molecule has 1 fully saturated rings. The molecule has 0 amide bonds. The molecule has 6 nitrogen and oxygen atoms in total. The molecule has 1 aliphatic heterocycles. The molecule has 0 saturated carbocycles. The maximum absolute atomic E-state index is 12.8. The third kappa shape index (κ3) is 3.07. The minimum absolute atomic E-state index is 0.0253. The number of carbonyl (C=O) groups is 1. The molecular weight excluding hydrogens is 314 g/mol. The number of hydrogen-bond acceptors (Lipinski definition) is 4. The van der Waals surface area contributed by atoms with Gasteiger partial charge >= 0.3 is 0 Å². The highest BCUT2D eigenvalue weighted by molar-refractivity contribution is 7.89. The van der Waals surface area contributed by atoms with Crippen LogP contribution in [0.5, 0.6) is 0 Å². The quantitative estimate of drug-likeness (QED) is 0.783. The molecule has 0 unspecified atom stereocenters. The first kappa shape index (κ1) is 15.9. The molecule has 23 heavy (non-hydrogen) atoms. The summed E-state index contributed by atoms with van der Waals surface area (Å²) in [6.07, 6.45) is 3.15. The van der Waals surface area contributed by atoms with Gasteiger partial charge in [0.2, 0.25) is 0 Å². The molecule has 1 saturated heterocycles. The summed E-state index contributed by atoms with van der Waals surface area (Å²) in [6.45, 7) is 0.445. The Morgan fingerprint density at radius 1 is 1.26 bits per heavy atom. The molecule has 0 bridgehead atoms. The second-order valence-electron chi connectivity index (χ2n) is 5.70. The van der Waals surface area contributed by atoms with Gasteiger partial charge in [-0.3, -0.25) is 9.48 Å². The van der Waals surface area contributed by atoms with Crippen molar-refractivity contribution in [3.05, 3.63) is 48.2 Å². The standard InChI is InChI=1S/C16H19N3O3S/c1-18-16(9-10-17-18)23(21,22)19-11-5-8-14(19)12-15(20)13-6-3-2-4-7-13/h2-4,6-7,9-10,14H,5,8,11-12H2,1H3/t14-/m0/s1. The molecule has 122 valence electrons. The Hall–Kier alpha value is -1.99. The second-order valence-corrected chi connectivity index (χ2v) is 7.54. The number of sulfonamides is 1. The number of nitrogens with zero attached hydrogens (tertiary/aromatic N) is 3. The van der Waals surface area contributed by atoms with E-state index in [1.807, 2.05) is 18.2 Å². The highest BCUT2D eigenvalue weighted by Gasteiger charge is 2.37. The zero-order valence-corrected chi connectivity index (χ0v) is 13.7. The number of Topliss-reactive ketones (excluding diaryl/α,β-unsaturated/α-hetero) is 1. The summed E-state index contributed by atoms with van der Waals surface area (Å²) in [5.41, 5.74) is 0.622. The smallest absolute Gasteiger partial charge is 0.260 e. The largest absolute Gasteiger partial charge is 0.294 e. The minimum atomic E-state index is -3.62. The highest BCUT2D eigenvalue weighted by Crippen LogP contribution is 2.28. The molecule has 1 atom stereocenters. The van der Waals surface area contributed by atoms with Crippen molar-refractivity contribution < 1.29 is 13.2 Å². The molecule has 1 aromatic carbocycles. The van der Waals surface area contributed by atoms with Gasteiger partial charge in [0.05, 0.1) is 6.20 Å². The van der Waals surface area contributed by atoms with Gasteiger partial charge in [-0.2, -0.15) is 9.40 Å². The van der Waals surface area contributed by atoms with Crippen molar-refractivity contribution in [3.63, 3.8) is 0 Å². The van der Waals surface area contributed by atoms with Crippen LogP contribution in [-0.2, 0) is 17.1 Å². The Morgan fingerprint density at radius 2 is 2.00 bits per heavy atom. The lowest BCUT2D eigenvalue weighted by molar-refractivity contribution is 0.0961. The Balaban J connectivity index is 1.81. The van der Waals surface area contributed by atoms with Gasteiger partial charge < -0.3 is 0 Å². The SMILES string of the molecule is Cn1nccc1S(=O)(=O)N1CCC[C@H]1CC(=O)c1ccccc1. The fourth-order valence-electron chi connectivity index (χ4n) is 3.02. The lowest BCUT2D eigenvalue weighted by Gasteiger charge is -2.23. The van der Waals surface area contributed by atoms with Crippen molar-refractivity contribution in [2.24, 2.45) is 7.05 Å². The molecule has 2 heterocycles. The van der Waals surface area contributed by atoms with E-state index in [1.54, 1.807) is 19.2 Å². The predicted molar refractivity (Wildman–Crippen MR) is 85.5 cm³/mol. The van der Waals surface area contributed by atoms with Crippen LogP contribution in [0.25, 0.3) is 0 Å². The number of ketones is 1. The van der Waals surface area contributed by atoms with Gasteiger partial charge in [0.25, 0.3) is 10.0 Å². The van der Waals surface area contributed by atoms with Crippen molar-refractivity contribution in [2.75, 3.05) is 6.54 Å². The molecule has 0 N–H and O–H groups in total. The molecule has 0 radical (unpaired) electrons. The first-order chi connectivity index (χ1) is 11.0. The van der Waals surface area contributed by atoms with E-state index < -0.39 is 10.0 Å². The average molecular weight is 333 g/mol. The number of aromatic nitrogens is 2. The van der Waals surface area contributed by atoms with E-state index in [2.05, 4.69) is 5.10 Å². The number of aryl methyl sites for hydroxylation is 1. The van der Waals surface area contributed by atoms with Gasteiger partial charge in [-0.05, 0) is 18.9 Å². The highest BCUT2D eigenvalue weighted by atomic mass is 32.2. The fraction of sp³-hybridized carbons (Fsp3) is 0.375. The second kappa shape index (κ2) is 6.25. The van der Waals surface area contributed by atoms with Crippen LogP contribution >= 0.6 is 0 Å². The first-order valence-electron chi connectivity index (χ1n) is 7.58. The number of benzene rings is 1. The van der Waals surface area contributed by atoms with Crippen LogP contribution in [0.2, 0.25) is 0 Å². The van der Waals surface area contributed by atoms with Crippen LogP contribution in [-0.4, -0.2) is 40.9 Å². The van der Waals surface area contributed by atoms with Gasteiger partial charge in [0, 0.05) is 31.6 Å². The van der Waals surface area contributed by atoms with Crippen LogP contribution in [0.4, 0.5) is 0 Å².